The molecule has 0 aromatic carbocycles. The van der Waals surface area contributed by atoms with Crippen molar-refractivity contribution in [1.29, 1.82) is 0 Å². The molecular formula is C10H15N3O3. The number of likely N-dealkylation sites (tertiary alicyclic amines) is 1. The van der Waals surface area contributed by atoms with Gasteiger partial charge in [-0.15, -0.1) is 0 Å². The first-order valence-electron chi connectivity index (χ1n) is 5.38. The lowest BCUT2D eigenvalue weighted by Gasteiger charge is -2.17. The highest BCUT2D eigenvalue weighted by atomic mass is 16.3. The van der Waals surface area contributed by atoms with E-state index in [0.29, 0.717) is 19.5 Å². The number of β-amino-alcohol motifs (C(OH)–C–C–N with tert-alkyl or cyclic N) is 1. The number of rotatable bonds is 3. The molecule has 0 spiro atoms. The highest BCUT2D eigenvalue weighted by molar-refractivity contribution is 6.06. The van der Waals surface area contributed by atoms with Crippen LogP contribution in [0.15, 0.2) is 5.10 Å². The Labute approximate surface area is 93.3 Å². The van der Waals surface area contributed by atoms with Gasteiger partial charge in [-0.05, 0) is 13.3 Å². The first-order chi connectivity index (χ1) is 7.58. The third-order valence-electron chi connectivity index (χ3n) is 3.05. The van der Waals surface area contributed by atoms with Gasteiger partial charge in [0.15, 0.2) is 0 Å². The molecule has 2 aliphatic heterocycles. The summed E-state index contributed by atoms with van der Waals surface area (Å²) in [7, 11) is 0. The van der Waals surface area contributed by atoms with E-state index in [1.165, 1.54) is 0 Å². The average Bonchev–Trinajstić information content (AvgIpc) is 2.69. The van der Waals surface area contributed by atoms with Crippen molar-refractivity contribution in [2.45, 2.75) is 25.9 Å². The summed E-state index contributed by atoms with van der Waals surface area (Å²) in [5.41, 5.74) is 3.17. The van der Waals surface area contributed by atoms with Gasteiger partial charge in [-0.1, -0.05) is 0 Å². The fourth-order valence-electron chi connectivity index (χ4n) is 2.08. The molecule has 2 unspecified atom stereocenters. The SMILES string of the molecule is CC1=NNC(=O)C1CCN1CC(O)CC1=O. The number of hydrazone groups is 1. The van der Waals surface area contributed by atoms with E-state index in [-0.39, 0.29) is 24.2 Å². The van der Waals surface area contributed by atoms with Gasteiger partial charge < -0.3 is 10.0 Å². The van der Waals surface area contributed by atoms with Crippen LogP contribution in [-0.4, -0.2) is 46.7 Å². The van der Waals surface area contributed by atoms with E-state index in [2.05, 4.69) is 10.5 Å². The number of nitrogens with zero attached hydrogens (tertiary/aromatic N) is 2. The molecule has 0 aromatic heterocycles. The van der Waals surface area contributed by atoms with Crippen LogP contribution in [0.2, 0.25) is 0 Å². The van der Waals surface area contributed by atoms with Gasteiger partial charge in [0.1, 0.15) is 0 Å². The molecule has 6 heteroatoms. The Morgan fingerprint density at radius 1 is 1.56 bits per heavy atom. The molecule has 1 fully saturated rings. The van der Waals surface area contributed by atoms with E-state index in [1.54, 1.807) is 11.8 Å². The minimum atomic E-state index is -0.556. The van der Waals surface area contributed by atoms with E-state index in [4.69, 9.17) is 0 Å². The van der Waals surface area contributed by atoms with Crippen molar-refractivity contribution >= 4 is 17.5 Å². The van der Waals surface area contributed by atoms with Crippen LogP contribution in [0.5, 0.6) is 0 Å². The number of hydrogen-bond acceptors (Lipinski definition) is 4. The summed E-state index contributed by atoms with van der Waals surface area (Å²) in [6.45, 7) is 2.67. The van der Waals surface area contributed by atoms with Crippen molar-refractivity contribution in [1.82, 2.24) is 10.3 Å². The molecule has 6 nitrogen and oxygen atoms in total. The fourth-order valence-corrected chi connectivity index (χ4v) is 2.08. The highest BCUT2D eigenvalue weighted by Gasteiger charge is 2.31. The van der Waals surface area contributed by atoms with Crippen LogP contribution in [0, 0.1) is 5.92 Å². The Kier molecular flexibility index (Phi) is 2.91. The molecule has 0 bridgehead atoms. The summed E-state index contributed by atoms with van der Waals surface area (Å²) in [6.07, 6.45) is 0.212. The Hall–Kier alpha value is -1.43. The van der Waals surface area contributed by atoms with Crippen molar-refractivity contribution < 1.29 is 14.7 Å². The summed E-state index contributed by atoms with van der Waals surface area (Å²) in [6, 6.07) is 0. The molecule has 16 heavy (non-hydrogen) atoms. The van der Waals surface area contributed by atoms with Crippen LogP contribution in [0.4, 0.5) is 0 Å². The molecule has 2 amide bonds. The molecule has 2 heterocycles. The highest BCUT2D eigenvalue weighted by Crippen LogP contribution is 2.16. The molecule has 2 N–H and O–H groups in total. The molecule has 0 aliphatic carbocycles. The van der Waals surface area contributed by atoms with Gasteiger partial charge in [0.25, 0.3) is 0 Å². The standard InChI is InChI=1S/C10H15N3O3/c1-6-8(10(16)12-11-6)2-3-13-5-7(14)4-9(13)15/h7-8,14H,2-5H2,1H3,(H,12,16). The third-order valence-corrected chi connectivity index (χ3v) is 3.05. The normalized spacial score (nSPS) is 29.6. The molecule has 0 aromatic rings. The summed E-state index contributed by atoms with van der Waals surface area (Å²) in [5, 5.41) is 13.1. The lowest BCUT2D eigenvalue weighted by molar-refractivity contribution is -0.128. The van der Waals surface area contributed by atoms with E-state index < -0.39 is 6.10 Å². The molecule has 0 saturated carbocycles. The van der Waals surface area contributed by atoms with Crippen molar-refractivity contribution in [2.24, 2.45) is 11.0 Å². The smallest absolute Gasteiger partial charge is 0.248 e. The largest absolute Gasteiger partial charge is 0.391 e. The van der Waals surface area contributed by atoms with Gasteiger partial charge in [-0.2, -0.15) is 5.10 Å². The number of aliphatic hydroxyl groups excluding tert-OH is 1. The van der Waals surface area contributed by atoms with Crippen LogP contribution >= 0.6 is 0 Å². The number of nitrogens with one attached hydrogen (secondary N) is 1. The molecular weight excluding hydrogens is 210 g/mol. The minimum Gasteiger partial charge on any atom is -0.391 e. The Bertz CT molecular complexity index is 353. The number of aliphatic hydroxyl groups is 1. The topological polar surface area (TPSA) is 82.0 Å². The van der Waals surface area contributed by atoms with Crippen molar-refractivity contribution in [3.05, 3.63) is 0 Å². The summed E-state index contributed by atoms with van der Waals surface area (Å²) >= 11 is 0. The maximum Gasteiger partial charge on any atom is 0.248 e. The molecule has 2 aliphatic rings. The van der Waals surface area contributed by atoms with Crippen LogP contribution in [0.3, 0.4) is 0 Å². The number of hydrogen-bond donors (Lipinski definition) is 2. The fraction of sp³-hybridized carbons (Fsp3) is 0.700. The second-order valence-electron chi connectivity index (χ2n) is 4.27. The van der Waals surface area contributed by atoms with E-state index in [9.17, 15) is 14.7 Å². The van der Waals surface area contributed by atoms with E-state index in [1.807, 2.05) is 0 Å². The summed E-state index contributed by atoms with van der Waals surface area (Å²) in [4.78, 5) is 24.3. The van der Waals surface area contributed by atoms with Gasteiger partial charge in [0, 0.05) is 18.8 Å². The Morgan fingerprint density at radius 2 is 2.31 bits per heavy atom. The minimum absolute atomic E-state index is 0.0412. The zero-order valence-corrected chi connectivity index (χ0v) is 9.14. The van der Waals surface area contributed by atoms with Crippen LogP contribution in [0.25, 0.3) is 0 Å². The van der Waals surface area contributed by atoms with Gasteiger partial charge in [0.05, 0.1) is 18.4 Å². The van der Waals surface area contributed by atoms with Crippen molar-refractivity contribution in [3.8, 4) is 0 Å². The van der Waals surface area contributed by atoms with Crippen LogP contribution < -0.4 is 5.43 Å². The van der Waals surface area contributed by atoms with Crippen molar-refractivity contribution in [3.63, 3.8) is 0 Å². The lowest BCUT2D eigenvalue weighted by atomic mass is 10.0. The summed E-state index contributed by atoms with van der Waals surface area (Å²) in [5.74, 6) is -0.379. The van der Waals surface area contributed by atoms with Gasteiger partial charge in [-0.3, -0.25) is 9.59 Å². The maximum absolute atomic E-state index is 11.4. The first-order valence-corrected chi connectivity index (χ1v) is 5.38. The zero-order chi connectivity index (χ0) is 11.7. The monoisotopic (exact) mass is 225 g/mol. The predicted molar refractivity (Wildman–Crippen MR) is 56.6 cm³/mol. The molecule has 1 saturated heterocycles. The molecule has 88 valence electrons. The first kappa shape index (κ1) is 11.1. The quantitative estimate of drug-likeness (QED) is 0.652. The van der Waals surface area contributed by atoms with Gasteiger partial charge in [-0.25, -0.2) is 5.43 Å². The number of amides is 2. The van der Waals surface area contributed by atoms with Gasteiger partial charge >= 0.3 is 0 Å². The second kappa shape index (κ2) is 4.21. The van der Waals surface area contributed by atoms with Crippen LogP contribution in [-0.2, 0) is 9.59 Å². The lowest BCUT2D eigenvalue weighted by Crippen LogP contribution is -2.31. The maximum atomic E-state index is 11.4. The Morgan fingerprint density at radius 3 is 2.81 bits per heavy atom. The number of carbonyl (C=O) groups excluding carboxylic acids is 2. The third kappa shape index (κ3) is 2.06. The van der Waals surface area contributed by atoms with Crippen molar-refractivity contribution in [2.75, 3.05) is 13.1 Å². The molecule has 0 radical (unpaired) electrons. The van der Waals surface area contributed by atoms with E-state index >= 15 is 0 Å². The Balaban J connectivity index is 1.86. The number of carbonyl (C=O) groups is 2. The second-order valence-corrected chi connectivity index (χ2v) is 4.27. The van der Waals surface area contributed by atoms with Crippen LogP contribution in [0.1, 0.15) is 19.8 Å². The predicted octanol–water partition coefficient (Wildman–Crippen LogP) is -0.908. The average molecular weight is 225 g/mol. The van der Waals surface area contributed by atoms with Gasteiger partial charge in [0.2, 0.25) is 11.8 Å². The van der Waals surface area contributed by atoms with E-state index in [0.717, 1.165) is 5.71 Å². The zero-order valence-electron chi connectivity index (χ0n) is 9.14. The summed E-state index contributed by atoms with van der Waals surface area (Å²) < 4.78 is 0. The molecule has 2 rings (SSSR count). The molecule has 2 atom stereocenters.